The van der Waals surface area contributed by atoms with Gasteiger partial charge in [-0.1, -0.05) is 37.9 Å². The molecule has 82 valence electrons. The highest BCUT2D eigenvalue weighted by atomic mass is 79.9. The fourth-order valence-electron chi connectivity index (χ4n) is 1.38. The Labute approximate surface area is 106 Å². The van der Waals surface area contributed by atoms with Gasteiger partial charge in [-0.05, 0) is 29.7 Å². The van der Waals surface area contributed by atoms with Crippen LogP contribution in [0.25, 0.3) is 0 Å². The standard InChI is InChI=1S/C11H12Br2O2/c1-7-3-8(6-12)9(10(13)4-7)5-11(14)15-2/h3-4H,5-6H2,1-2H3. The van der Waals surface area contributed by atoms with Crippen molar-refractivity contribution in [3.63, 3.8) is 0 Å². The lowest BCUT2D eigenvalue weighted by Gasteiger charge is -2.10. The van der Waals surface area contributed by atoms with Crippen LogP contribution in [0, 0.1) is 6.92 Å². The number of halogens is 2. The Morgan fingerprint density at radius 2 is 2.13 bits per heavy atom. The summed E-state index contributed by atoms with van der Waals surface area (Å²) in [6.07, 6.45) is 0.304. The van der Waals surface area contributed by atoms with E-state index in [-0.39, 0.29) is 5.97 Å². The van der Waals surface area contributed by atoms with E-state index >= 15 is 0 Å². The molecule has 0 bridgehead atoms. The Morgan fingerprint density at radius 3 is 2.67 bits per heavy atom. The Hall–Kier alpha value is -0.350. The topological polar surface area (TPSA) is 26.3 Å². The molecule has 1 aromatic carbocycles. The van der Waals surface area contributed by atoms with Gasteiger partial charge in [-0.3, -0.25) is 4.79 Å². The van der Waals surface area contributed by atoms with Crippen LogP contribution < -0.4 is 0 Å². The van der Waals surface area contributed by atoms with E-state index in [2.05, 4.69) is 42.7 Å². The molecule has 0 aromatic heterocycles. The third kappa shape index (κ3) is 3.31. The van der Waals surface area contributed by atoms with Gasteiger partial charge in [0.1, 0.15) is 0 Å². The van der Waals surface area contributed by atoms with Gasteiger partial charge in [0.2, 0.25) is 0 Å². The number of methoxy groups -OCH3 is 1. The van der Waals surface area contributed by atoms with Crippen molar-refractivity contribution in [2.45, 2.75) is 18.7 Å². The molecule has 0 saturated heterocycles. The minimum atomic E-state index is -0.221. The van der Waals surface area contributed by atoms with Gasteiger partial charge in [-0.25, -0.2) is 0 Å². The summed E-state index contributed by atoms with van der Waals surface area (Å²) in [4.78, 5) is 11.2. The molecule has 4 heteroatoms. The number of rotatable bonds is 3. The molecule has 2 nitrogen and oxygen atoms in total. The van der Waals surface area contributed by atoms with Gasteiger partial charge in [0.15, 0.2) is 0 Å². The molecule has 0 fully saturated rings. The maximum absolute atomic E-state index is 11.2. The maximum Gasteiger partial charge on any atom is 0.310 e. The molecule has 0 amide bonds. The summed E-state index contributed by atoms with van der Waals surface area (Å²) in [6.45, 7) is 2.03. The SMILES string of the molecule is COC(=O)Cc1c(Br)cc(C)cc1CBr. The molecule has 0 unspecified atom stereocenters. The molecule has 1 aromatic rings. The Bertz CT molecular complexity index is 375. The highest BCUT2D eigenvalue weighted by Crippen LogP contribution is 2.25. The lowest BCUT2D eigenvalue weighted by molar-refractivity contribution is -0.139. The van der Waals surface area contributed by atoms with E-state index in [1.165, 1.54) is 12.7 Å². The number of carbonyl (C=O) groups is 1. The van der Waals surface area contributed by atoms with E-state index in [1.54, 1.807) is 0 Å². The van der Waals surface area contributed by atoms with E-state index in [9.17, 15) is 4.79 Å². The molecule has 0 aliphatic carbocycles. The monoisotopic (exact) mass is 334 g/mol. The quantitative estimate of drug-likeness (QED) is 0.625. The van der Waals surface area contributed by atoms with Crippen LogP contribution >= 0.6 is 31.9 Å². The molecular formula is C11H12Br2O2. The van der Waals surface area contributed by atoms with Crippen LogP contribution in [0.15, 0.2) is 16.6 Å². The Balaban J connectivity index is 3.09. The highest BCUT2D eigenvalue weighted by Gasteiger charge is 2.11. The van der Waals surface area contributed by atoms with Gasteiger partial charge < -0.3 is 4.74 Å². The molecule has 0 aliphatic rings. The second-order valence-corrected chi connectivity index (χ2v) is 4.69. The van der Waals surface area contributed by atoms with Crippen molar-refractivity contribution in [3.8, 4) is 0 Å². The Morgan fingerprint density at radius 1 is 1.47 bits per heavy atom. The van der Waals surface area contributed by atoms with Gasteiger partial charge in [-0.15, -0.1) is 0 Å². The average molecular weight is 336 g/mol. The van der Waals surface area contributed by atoms with Gasteiger partial charge in [0, 0.05) is 9.80 Å². The van der Waals surface area contributed by atoms with E-state index in [1.807, 2.05) is 13.0 Å². The van der Waals surface area contributed by atoms with Crippen molar-refractivity contribution in [1.29, 1.82) is 0 Å². The number of alkyl halides is 1. The van der Waals surface area contributed by atoms with Crippen LogP contribution in [-0.4, -0.2) is 13.1 Å². The van der Waals surface area contributed by atoms with Gasteiger partial charge >= 0.3 is 5.97 Å². The number of benzene rings is 1. The molecule has 0 heterocycles. The van der Waals surface area contributed by atoms with Crippen molar-refractivity contribution >= 4 is 37.8 Å². The zero-order chi connectivity index (χ0) is 11.4. The molecule has 0 spiro atoms. The molecule has 15 heavy (non-hydrogen) atoms. The largest absolute Gasteiger partial charge is 0.469 e. The second kappa shape index (κ2) is 5.66. The van der Waals surface area contributed by atoms with Crippen molar-refractivity contribution in [2.75, 3.05) is 7.11 Å². The average Bonchev–Trinajstić information content (AvgIpc) is 2.21. The van der Waals surface area contributed by atoms with Crippen LogP contribution in [0.2, 0.25) is 0 Å². The lowest BCUT2D eigenvalue weighted by atomic mass is 10.0. The summed E-state index contributed by atoms with van der Waals surface area (Å²) in [5.74, 6) is -0.221. The predicted octanol–water partition coefficient (Wildman–Crippen LogP) is 3.37. The minimum Gasteiger partial charge on any atom is -0.469 e. The molecule has 0 radical (unpaired) electrons. The van der Waals surface area contributed by atoms with Crippen LogP contribution in [0.1, 0.15) is 16.7 Å². The first kappa shape index (κ1) is 12.7. The van der Waals surface area contributed by atoms with Crippen molar-refractivity contribution in [1.82, 2.24) is 0 Å². The fraction of sp³-hybridized carbons (Fsp3) is 0.364. The zero-order valence-electron chi connectivity index (χ0n) is 8.64. The third-order valence-electron chi connectivity index (χ3n) is 2.12. The van der Waals surface area contributed by atoms with Crippen LogP contribution in [0.3, 0.4) is 0 Å². The molecule has 1 rings (SSSR count). The summed E-state index contributed by atoms with van der Waals surface area (Å²) in [7, 11) is 1.40. The molecule has 0 aliphatic heterocycles. The summed E-state index contributed by atoms with van der Waals surface area (Å²) < 4.78 is 5.62. The summed E-state index contributed by atoms with van der Waals surface area (Å²) in [5, 5.41) is 0.736. The summed E-state index contributed by atoms with van der Waals surface area (Å²) in [6, 6.07) is 4.07. The number of hydrogen-bond acceptors (Lipinski definition) is 2. The van der Waals surface area contributed by atoms with Crippen LogP contribution in [-0.2, 0) is 21.3 Å². The maximum atomic E-state index is 11.2. The molecule has 0 atom stereocenters. The smallest absolute Gasteiger partial charge is 0.310 e. The summed E-state index contributed by atoms with van der Waals surface area (Å²) >= 11 is 6.88. The third-order valence-corrected chi connectivity index (χ3v) is 3.44. The van der Waals surface area contributed by atoms with Gasteiger partial charge in [0.25, 0.3) is 0 Å². The molecule has 0 N–H and O–H groups in total. The number of hydrogen-bond donors (Lipinski definition) is 0. The lowest BCUT2D eigenvalue weighted by Crippen LogP contribution is -2.07. The zero-order valence-corrected chi connectivity index (χ0v) is 11.8. The molecular weight excluding hydrogens is 324 g/mol. The Kier molecular flexibility index (Phi) is 4.80. The number of esters is 1. The van der Waals surface area contributed by atoms with Crippen LogP contribution in [0.4, 0.5) is 0 Å². The van der Waals surface area contributed by atoms with E-state index < -0.39 is 0 Å². The van der Waals surface area contributed by atoms with Gasteiger partial charge in [0.05, 0.1) is 13.5 Å². The number of ether oxygens (including phenoxy) is 1. The minimum absolute atomic E-state index is 0.221. The number of aryl methyl sites for hydroxylation is 1. The number of carbonyl (C=O) groups excluding carboxylic acids is 1. The first-order chi connectivity index (χ1) is 7.08. The normalized spacial score (nSPS) is 10.1. The van der Waals surface area contributed by atoms with Gasteiger partial charge in [-0.2, -0.15) is 0 Å². The second-order valence-electron chi connectivity index (χ2n) is 3.27. The van der Waals surface area contributed by atoms with Crippen molar-refractivity contribution in [2.24, 2.45) is 0 Å². The van der Waals surface area contributed by atoms with E-state index in [4.69, 9.17) is 0 Å². The first-order valence-corrected chi connectivity index (χ1v) is 6.40. The predicted molar refractivity (Wildman–Crippen MR) is 67.2 cm³/mol. The van der Waals surface area contributed by atoms with Crippen LogP contribution in [0.5, 0.6) is 0 Å². The molecule has 0 saturated carbocycles. The highest BCUT2D eigenvalue weighted by molar-refractivity contribution is 9.10. The van der Waals surface area contributed by atoms with E-state index in [0.29, 0.717) is 6.42 Å². The van der Waals surface area contributed by atoms with Crippen molar-refractivity contribution in [3.05, 3.63) is 33.3 Å². The summed E-state index contributed by atoms with van der Waals surface area (Å²) in [5.41, 5.74) is 3.28. The first-order valence-electron chi connectivity index (χ1n) is 4.49. The van der Waals surface area contributed by atoms with E-state index in [0.717, 1.165) is 20.9 Å². The fourth-order valence-corrected chi connectivity index (χ4v) is 2.63. The van der Waals surface area contributed by atoms with Crippen molar-refractivity contribution < 1.29 is 9.53 Å².